The molecular weight excluding hydrogens is 290 g/mol. The molecule has 2 nitrogen and oxygen atoms in total. The van der Waals surface area contributed by atoms with Crippen LogP contribution in [-0.4, -0.2) is 11.1 Å². The van der Waals surface area contributed by atoms with Crippen LogP contribution in [0.3, 0.4) is 0 Å². The van der Waals surface area contributed by atoms with Crippen LogP contribution < -0.4 is 4.74 Å². The number of hydrogen-bond acceptors (Lipinski definition) is 2. The monoisotopic (exact) mass is 311 g/mol. The molecule has 0 N–H and O–H groups in total. The Morgan fingerprint density at radius 2 is 1.89 bits per heavy atom. The van der Waals surface area contributed by atoms with Gasteiger partial charge in [-0.25, -0.2) is 0 Å². The van der Waals surface area contributed by atoms with Gasteiger partial charge in [-0.15, -0.1) is 0 Å². The van der Waals surface area contributed by atoms with Crippen molar-refractivity contribution in [2.75, 3.05) is 0 Å². The number of hydrogen-bond donors (Lipinski definition) is 0. The minimum Gasteiger partial charge on any atom is -0.488 e. The summed E-state index contributed by atoms with van der Waals surface area (Å²) in [5, 5.41) is 0.752. The predicted molar refractivity (Wildman–Crippen MR) is 78.2 cm³/mol. The number of halogens is 1. The number of ether oxygens (including phenoxy) is 1. The minimum atomic E-state index is 0.353. The Balaban J connectivity index is 2.08. The van der Waals surface area contributed by atoms with E-state index >= 15 is 0 Å². The Labute approximate surface area is 118 Å². The SMILES string of the molecule is Cc1ccc(OC2CC(C)CC(C)C2)c(CBr)n1. The van der Waals surface area contributed by atoms with Crippen molar-refractivity contribution in [2.24, 2.45) is 11.8 Å². The number of nitrogens with zero attached hydrogens (tertiary/aromatic N) is 1. The van der Waals surface area contributed by atoms with Gasteiger partial charge in [0.1, 0.15) is 5.75 Å². The van der Waals surface area contributed by atoms with Crippen molar-refractivity contribution in [2.45, 2.75) is 51.5 Å². The quantitative estimate of drug-likeness (QED) is 0.767. The van der Waals surface area contributed by atoms with Gasteiger partial charge in [0.2, 0.25) is 0 Å². The predicted octanol–water partition coefficient (Wildman–Crippen LogP) is 4.49. The zero-order chi connectivity index (χ0) is 13.1. The van der Waals surface area contributed by atoms with Gasteiger partial charge < -0.3 is 4.74 Å². The van der Waals surface area contributed by atoms with E-state index in [-0.39, 0.29) is 0 Å². The molecule has 1 aromatic rings. The molecule has 100 valence electrons. The van der Waals surface area contributed by atoms with Gasteiger partial charge in [-0.05, 0) is 50.2 Å². The zero-order valence-electron chi connectivity index (χ0n) is 11.4. The molecule has 0 aromatic carbocycles. The van der Waals surface area contributed by atoms with Gasteiger partial charge in [0.05, 0.1) is 11.8 Å². The molecular formula is C15H22BrNO. The van der Waals surface area contributed by atoms with Crippen LogP contribution in [0.2, 0.25) is 0 Å². The van der Waals surface area contributed by atoms with Crippen molar-refractivity contribution in [3.05, 3.63) is 23.5 Å². The molecule has 3 heteroatoms. The molecule has 0 amide bonds. The molecule has 1 heterocycles. The summed E-state index contributed by atoms with van der Waals surface area (Å²) < 4.78 is 6.18. The average Bonchev–Trinajstić information content (AvgIpc) is 2.30. The summed E-state index contributed by atoms with van der Waals surface area (Å²) in [5.41, 5.74) is 2.06. The highest BCUT2D eigenvalue weighted by Crippen LogP contribution is 2.32. The van der Waals surface area contributed by atoms with Crippen molar-refractivity contribution in [1.82, 2.24) is 4.98 Å². The van der Waals surface area contributed by atoms with Crippen molar-refractivity contribution in [3.63, 3.8) is 0 Å². The molecule has 0 aliphatic heterocycles. The summed E-state index contributed by atoms with van der Waals surface area (Å²) >= 11 is 3.49. The molecule has 1 aliphatic carbocycles. The van der Waals surface area contributed by atoms with E-state index in [0.29, 0.717) is 6.10 Å². The highest BCUT2D eigenvalue weighted by molar-refractivity contribution is 9.08. The first kappa shape index (κ1) is 13.9. The largest absolute Gasteiger partial charge is 0.488 e. The van der Waals surface area contributed by atoms with E-state index in [1.807, 2.05) is 13.0 Å². The molecule has 0 bridgehead atoms. The number of aromatic nitrogens is 1. The lowest BCUT2D eigenvalue weighted by molar-refractivity contribution is 0.0998. The maximum absolute atomic E-state index is 6.18. The van der Waals surface area contributed by atoms with Crippen molar-refractivity contribution in [3.8, 4) is 5.75 Å². The van der Waals surface area contributed by atoms with Crippen LogP contribution in [-0.2, 0) is 5.33 Å². The van der Waals surface area contributed by atoms with Crippen molar-refractivity contribution < 1.29 is 4.74 Å². The van der Waals surface area contributed by atoms with Gasteiger partial charge in [0, 0.05) is 11.0 Å². The molecule has 2 rings (SSSR count). The molecule has 0 saturated heterocycles. The van der Waals surface area contributed by atoms with Gasteiger partial charge >= 0.3 is 0 Å². The second kappa shape index (κ2) is 6.05. The fraction of sp³-hybridized carbons (Fsp3) is 0.667. The van der Waals surface area contributed by atoms with Crippen LogP contribution in [0, 0.1) is 18.8 Å². The molecule has 18 heavy (non-hydrogen) atoms. The third-order valence-corrected chi connectivity index (χ3v) is 4.16. The summed E-state index contributed by atoms with van der Waals surface area (Å²) in [4.78, 5) is 4.52. The van der Waals surface area contributed by atoms with Crippen molar-refractivity contribution >= 4 is 15.9 Å². The summed E-state index contributed by atoms with van der Waals surface area (Å²) in [5.74, 6) is 2.48. The molecule has 2 unspecified atom stereocenters. The maximum Gasteiger partial charge on any atom is 0.142 e. The smallest absolute Gasteiger partial charge is 0.142 e. The van der Waals surface area contributed by atoms with E-state index in [0.717, 1.165) is 34.3 Å². The lowest BCUT2D eigenvalue weighted by atomic mass is 9.82. The van der Waals surface area contributed by atoms with Crippen LogP contribution in [0.1, 0.15) is 44.5 Å². The Morgan fingerprint density at radius 3 is 2.50 bits per heavy atom. The zero-order valence-corrected chi connectivity index (χ0v) is 13.0. The number of aryl methyl sites for hydroxylation is 1. The van der Waals surface area contributed by atoms with Gasteiger partial charge in [0.25, 0.3) is 0 Å². The van der Waals surface area contributed by atoms with E-state index in [9.17, 15) is 0 Å². The van der Waals surface area contributed by atoms with Crippen LogP contribution in [0.25, 0.3) is 0 Å². The first-order valence-electron chi connectivity index (χ1n) is 6.77. The second-order valence-corrected chi connectivity index (χ2v) is 6.25. The van der Waals surface area contributed by atoms with Gasteiger partial charge in [-0.3, -0.25) is 4.98 Å². The van der Waals surface area contributed by atoms with E-state index in [1.165, 1.54) is 19.3 Å². The fourth-order valence-electron chi connectivity index (χ4n) is 2.95. The molecule has 1 aromatic heterocycles. The normalized spacial score (nSPS) is 28.1. The third kappa shape index (κ3) is 3.47. The van der Waals surface area contributed by atoms with Crippen LogP contribution >= 0.6 is 15.9 Å². The van der Waals surface area contributed by atoms with Gasteiger partial charge in [-0.2, -0.15) is 0 Å². The fourth-order valence-corrected chi connectivity index (χ4v) is 3.35. The first-order chi connectivity index (χ1) is 8.58. The second-order valence-electron chi connectivity index (χ2n) is 5.69. The maximum atomic E-state index is 6.18. The Kier molecular flexibility index (Phi) is 4.66. The van der Waals surface area contributed by atoms with Crippen LogP contribution in [0.15, 0.2) is 12.1 Å². The molecule has 0 spiro atoms. The Bertz CT molecular complexity index is 397. The average molecular weight is 312 g/mol. The standard InChI is InChI=1S/C15H22BrNO/c1-10-6-11(2)8-13(7-10)18-15-5-4-12(3)17-14(15)9-16/h4-5,10-11,13H,6-9H2,1-3H3. The minimum absolute atomic E-state index is 0.353. The van der Waals surface area contributed by atoms with Crippen LogP contribution in [0.5, 0.6) is 5.75 Å². The molecule has 1 fully saturated rings. The molecule has 1 saturated carbocycles. The summed E-state index contributed by atoms with van der Waals surface area (Å²) in [6, 6.07) is 4.08. The Morgan fingerprint density at radius 1 is 1.22 bits per heavy atom. The molecule has 0 radical (unpaired) electrons. The highest BCUT2D eigenvalue weighted by Gasteiger charge is 2.25. The number of rotatable bonds is 3. The van der Waals surface area contributed by atoms with E-state index < -0.39 is 0 Å². The first-order valence-corrected chi connectivity index (χ1v) is 7.89. The van der Waals surface area contributed by atoms with Crippen LogP contribution in [0.4, 0.5) is 0 Å². The highest BCUT2D eigenvalue weighted by atomic mass is 79.9. The number of pyridine rings is 1. The topological polar surface area (TPSA) is 22.1 Å². The molecule has 1 aliphatic rings. The Hall–Kier alpha value is -0.570. The van der Waals surface area contributed by atoms with Gasteiger partial charge in [0.15, 0.2) is 0 Å². The van der Waals surface area contributed by atoms with Gasteiger partial charge in [-0.1, -0.05) is 29.8 Å². The van der Waals surface area contributed by atoms with E-state index in [4.69, 9.17) is 4.74 Å². The lowest BCUT2D eigenvalue weighted by Gasteiger charge is -2.32. The van der Waals surface area contributed by atoms with E-state index in [1.54, 1.807) is 0 Å². The molecule has 2 atom stereocenters. The lowest BCUT2D eigenvalue weighted by Crippen LogP contribution is -2.28. The third-order valence-electron chi connectivity index (χ3n) is 3.63. The number of alkyl halides is 1. The van der Waals surface area contributed by atoms with Crippen molar-refractivity contribution in [1.29, 1.82) is 0 Å². The summed E-state index contributed by atoms with van der Waals surface area (Å²) in [6.45, 7) is 6.66. The van der Waals surface area contributed by atoms with E-state index in [2.05, 4.69) is 40.8 Å². The summed E-state index contributed by atoms with van der Waals surface area (Å²) in [7, 11) is 0. The summed E-state index contributed by atoms with van der Waals surface area (Å²) in [6.07, 6.45) is 4.02.